The molecule has 0 fully saturated rings. The second kappa shape index (κ2) is 6.25. The van der Waals surface area contributed by atoms with E-state index in [4.69, 9.17) is 9.47 Å². The van der Waals surface area contributed by atoms with Crippen molar-refractivity contribution in [1.82, 2.24) is 0 Å². The molecular weight excluding hydrogens is 208 g/mol. The van der Waals surface area contributed by atoms with Crippen molar-refractivity contribution >= 4 is 5.97 Å². The fourth-order valence-electron chi connectivity index (χ4n) is 1.16. The predicted molar refractivity (Wildman–Crippen MR) is 59.0 cm³/mol. The van der Waals surface area contributed by atoms with Crippen LogP contribution in [0.25, 0.3) is 0 Å². The summed E-state index contributed by atoms with van der Waals surface area (Å²) in [6, 6.07) is 8.61. The van der Waals surface area contributed by atoms with Crippen LogP contribution in [0.2, 0.25) is 0 Å². The van der Waals surface area contributed by atoms with Gasteiger partial charge in [0.1, 0.15) is 6.61 Å². The van der Waals surface area contributed by atoms with Crippen molar-refractivity contribution in [1.29, 1.82) is 0 Å². The number of rotatable bonds is 5. The number of esters is 1. The lowest BCUT2D eigenvalue weighted by molar-refractivity contribution is -0.148. The lowest BCUT2D eigenvalue weighted by Gasteiger charge is -2.14. The average molecular weight is 224 g/mol. The van der Waals surface area contributed by atoms with Crippen molar-refractivity contribution < 1.29 is 19.4 Å². The van der Waals surface area contributed by atoms with Gasteiger partial charge in [0, 0.05) is 0 Å². The zero-order valence-electron chi connectivity index (χ0n) is 9.42. The lowest BCUT2D eigenvalue weighted by Crippen LogP contribution is -2.24. The molecule has 0 heterocycles. The number of ether oxygens (including phenoxy) is 2. The van der Waals surface area contributed by atoms with Crippen LogP contribution in [0.3, 0.4) is 0 Å². The molecule has 1 unspecified atom stereocenters. The average Bonchev–Trinajstić information content (AvgIpc) is 2.26. The quantitative estimate of drug-likeness (QED) is 0.609. The molecule has 1 aromatic carbocycles. The molecule has 16 heavy (non-hydrogen) atoms. The van der Waals surface area contributed by atoms with Crippen molar-refractivity contribution in [2.45, 2.75) is 26.2 Å². The minimum Gasteiger partial charge on any atom is -0.457 e. The molecule has 4 nitrogen and oxygen atoms in total. The number of carbonyl (C=O) groups is 1. The van der Waals surface area contributed by atoms with Crippen LogP contribution in [-0.4, -0.2) is 30.1 Å². The monoisotopic (exact) mass is 224 g/mol. The van der Waals surface area contributed by atoms with E-state index in [1.165, 1.54) is 0 Å². The standard InChI is InChI=1S/C12H16O4/c1-9(2)16-11(13)8-15-12(14)10-6-4-3-5-7-10/h3-7,9,11,13H,8H2,1-2H3. The fraction of sp³-hybridized carbons (Fsp3) is 0.417. The van der Waals surface area contributed by atoms with Gasteiger partial charge in [-0.25, -0.2) is 4.79 Å². The smallest absolute Gasteiger partial charge is 0.338 e. The molecule has 0 aliphatic rings. The molecule has 0 aromatic heterocycles. The Morgan fingerprint density at radius 1 is 1.31 bits per heavy atom. The Morgan fingerprint density at radius 3 is 2.50 bits per heavy atom. The molecule has 4 heteroatoms. The van der Waals surface area contributed by atoms with Gasteiger partial charge >= 0.3 is 5.97 Å². The largest absolute Gasteiger partial charge is 0.457 e. The maximum absolute atomic E-state index is 11.4. The van der Waals surface area contributed by atoms with Crippen molar-refractivity contribution in [3.05, 3.63) is 35.9 Å². The summed E-state index contributed by atoms with van der Waals surface area (Å²) >= 11 is 0. The zero-order valence-corrected chi connectivity index (χ0v) is 9.42. The first-order valence-electron chi connectivity index (χ1n) is 5.15. The molecule has 1 rings (SSSR count). The molecule has 0 radical (unpaired) electrons. The molecule has 0 saturated heterocycles. The van der Waals surface area contributed by atoms with Gasteiger partial charge in [-0.3, -0.25) is 0 Å². The van der Waals surface area contributed by atoms with Crippen molar-refractivity contribution in [2.75, 3.05) is 6.61 Å². The maximum atomic E-state index is 11.4. The Balaban J connectivity index is 2.36. The van der Waals surface area contributed by atoms with Gasteiger partial charge in [0.05, 0.1) is 11.7 Å². The number of benzene rings is 1. The fourth-order valence-corrected chi connectivity index (χ4v) is 1.16. The lowest BCUT2D eigenvalue weighted by atomic mass is 10.2. The number of hydrogen-bond donors (Lipinski definition) is 1. The van der Waals surface area contributed by atoms with Crippen molar-refractivity contribution in [3.63, 3.8) is 0 Å². The number of aliphatic hydroxyl groups is 1. The Hall–Kier alpha value is -1.39. The summed E-state index contributed by atoms with van der Waals surface area (Å²) in [5.74, 6) is -0.466. The van der Waals surface area contributed by atoms with Gasteiger partial charge < -0.3 is 14.6 Å². The van der Waals surface area contributed by atoms with E-state index in [0.717, 1.165) is 0 Å². The SMILES string of the molecule is CC(C)OC(O)COC(=O)c1ccccc1. The van der Waals surface area contributed by atoms with Crippen LogP contribution in [-0.2, 0) is 9.47 Å². The summed E-state index contributed by atoms with van der Waals surface area (Å²) in [6.45, 7) is 3.43. The van der Waals surface area contributed by atoms with E-state index in [9.17, 15) is 9.90 Å². The predicted octanol–water partition coefficient (Wildman–Crippen LogP) is 1.59. The second-order valence-electron chi connectivity index (χ2n) is 3.60. The van der Waals surface area contributed by atoms with Gasteiger partial charge in [-0.15, -0.1) is 0 Å². The molecule has 0 amide bonds. The molecule has 0 saturated carbocycles. The number of carbonyl (C=O) groups excluding carboxylic acids is 1. The summed E-state index contributed by atoms with van der Waals surface area (Å²) in [5.41, 5.74) is 0.458. The molecule has 88 valence electrons. The van der Waals surface area contributed by atoms with E-state index < -0.39 is 12.3 Å². The minimum atomic E-state index is -1.08. The molecule has 0 aliphatic carbocycles. The third-order valence-corrected chi connectivity index (χ3v) is 1.80. The van der Waals surface area contributed by atoms with E-state index in [0.29, 0.717) is 5.56 Å². The van der Waals surface area contributed by atoms with Crippen LogP contribution in [0.4, 0.5) is 0 Å². The Bertz CT molecular complexity index is 321. The van der Waals surface area contributed by atoms with Crippen LogP contribution < -0.4 is 0 Å². The molecule has 0 aliphatic heterocycles. The summed E-state index contributed by atoms with van der Waals surface area (Å²) < 4.78 is 9.89. The van der Waals surface area contributed by atoms with Crippen LogP contribution in [0.1, 0.15) is 24.2 Å². The first kappa shape index (κ1) is 12.7. The van der Waals surface area contributed by atoms with E-state index in [1.807, 2.05) is 6.07 Å². The van der Waals surface area contributed by atoms with E-state index >= 15 is 0 Å². The number of hydrogen-bond acceptors (Lipinski definition) is 4. The highest BCUT2D eigenvalue weighted by molar-refractivity contribution is 5.89. The van der Waals surface area contributed by atoms with Crippen LogP contribution in [0, 0.1) is 0 Å². The van der Waals surface area contributed by atoms with E-state index in [-0.39, 0.29) is 12.7 Å². The van der Waals surface area contributed by atoms with Crippen LogP contribution in [0.15, 0.2) is 30.3 Å². The normalized spacial score (nSPS) is 12.5. The summed E-state index contributed by atoms with van der Waals surface area (Å²) in [5, 5.41) is 9.32. The van der Waals surface area contributed by atoms with Crippen molar-refractivity contribution in [2.24, 2.45) is 0 Å². The third kappa shape index (κ3) is 4.42. The molecule has 0 bridgehead atoms. The van der Waals surface area contributed by atoms with Gasteiger partial charge in [0.25, 0.3) is 0 Å². The Morgan fingerprint density at radius 2 is 1.94 bits per heavy atom. The van der Waals surface area contributed by atoms with Gasteiger partial charge in [0.2, 0.25) is 0 Å². The maximum Gasteiger partial charge on any atom is 0.338 e. The number of aliphatic hydroxyl groups excluding tert-OH is 1. The van der Waals surface area contributed by atoms with Gasteiger partial charge in [-0.1, -0.05) is 18.2 Å². The summed E-state index contributed by atoms with van der Waals surface area (Å²) in [4.78, 5) is 11.4. The third-order valence-electron chi connectivity index (χ3n) is 1.80. The van der Waals surface area contributed by atoms with Gasteiger partial charge in [0.15, 0.2) is 6.29 Å². The highest BCUT2D eigenvalue weighted by Crippen LogP contribution is 2.02. The molecule has 1 N–H and O–H groups in total. The highest BCUT2D eigenvalue weighted by Gasteiger charge is 2.11. The van der Waals surface area contributed by atoms with Crippen molar-refractivity contribution in [3.8, 4) is 0 Å². The first-order chi connectivity index (χ1) is 7.59. The molecule has 1 aromatic rings. The molecular formula is C12H16O4. The second-order valence-corrected chi connectivity index (χ2v) is 3.60. The summed E-state index contributed by atoms with van der Waals surface area (Å²) in [6.07, 6.45) is -1.18. The highest BCUT2D eigenvalue weighted by atomic mass is 16.6. The Labute approximate surface area is 94.8 Å². The van der Waals surface area contributed by atoms with Crippen LogP contribution in [0.5, 0.6) is 0 Å². The van der Waals surface area contributed by atoms with Gasteiger partial charge in [-0.05, 0) is 26.0 Å². The zero-order chi connectivity index (χ0) is 12.0. The first-order valence-corrected chi connectivity index (χ1v) is 5.15. The van der Waals surface area contributed by atoms with E-state index in [1.54, 1.807) is 38.1 Å². The van der Waals surface area contributed by atoms with Gasteiger partial charge in [-0.2, -0.15) is 0 Å². The van der Waals surface area contributed by atoms with Crippen LogP contribution >= 0.6 is 0 Å². The topological polar surface area (TPSA) is 55.8 Å². The molecule has 1 atom stereocenters. The van der Waals surface area contributed by atoms with E-state index in [2.05, 4.69) is 0 Å². The molecule has 0 spiro atoms. The summed E-state index contributed by atoms with van der Waals surface area (Å²) in [7, 11) is 0. The Kier molecular flexibility index (Phi) is 4.95. The minimum absolute atomic E-state index is 0.106.